The maximum atomic E-state index is 11.9. The largest absolute Gasteiger partial charge is 0.456 e. The van der Waals surface area contributed by atoms with Gasteiger partial charge < -0.3 is 10.1 Å². The van der Waals surface area contributed by atoms with Gasteiger partial charge >= 0.3 is 5.97 Å². The third kappa shape index (κ3) is 5.20. The fourth-order valence-electron chi connectivity index (χ4n) is 3.20. The molecular formula is C15H22N2O5S. The van der Waals surface area contributed by atoms with E-state index in [1.165, 1.54) is 0 Å². The molecule has 2 fully saturated rings. The van der Waals surface area contributed by atoms with Gasteiger partial charge in [0.1, 0.15) is 5.54 Å². The number of carbonyl (C=O) groups is 2. The second-order valence-electron chi connectivity index (χ2n) is 6.44. The van der Waals surface area contributed by atoms with Crippen molar-refractivity contribution in [3.63, 3.8) is 0 Å². The summed E-state index contributed by atoms with van der Waals surface area (Å²) in [7, 11) is -3.03. The van der Waals surface area contributed by atoms with Gasteiger partial charge in [-0.15, -0.1) is 0 Å². The van der Waals surface area contributed by atoms with Crippen LogP contribution in [0.5, 0.6) is 0 Å². The Bertz CT molecular complexity index is 602. The van der Waals surface area contributed by atoms with Crippen LogP contribution in [0.25, 0.3) is 0 Å². The van der Waals surface area contributed by atoms with E-state index >= 15 is 0 Å². The van der Waals surface area contributed by atoms with Crippen LogP contribution in [0.15, 0.2) is 0 Å². The molecule has 0 aromatic heterocycles. The van der Waals surface area contributed by atoms with E-state index in [-0.39, 0.29) is 23.8 Å². The van der Waals surface area contributed by atoms with Crippen LogP contribution in [0.3, 0.4) is 0 Å². The predicted octanol–water partition coefficient (Wildman–Crippen LogP) is 0.697. The van der Waals surface area contributed by atoms with Crippen molar-refractivity contribution in [1.29, 1.82) is 5.26 Å². The van der Waals surface area contributed by atoms with Gasteiger partial charge in [0.15, 0.2) is 16.4 Å². The Morgan fingerprint density at radius 1 is 1.26 bits per heavy atom. The van der Waals surface area contributed by atoms with E-state index in [0.29, 0.717) is 19.3 Å². The molecule has 128 valence electrons. The zero-order valence-electron chi connectivity index (χ0n) is 13.0. The highest BCUT2D eigenvalue weighted by atomic mass is 32.2. The Kier molecular flexibility index (Phi) is 5.63. The lowest BCUT2D eigenvalue weighted by Gasteiger charge is -2.31. The summed E-state index contributed by atoms with van der Waals surface area (Å²) in [4.78, 5) is 23.6. The van der Waals surface area contributed by atoms with E-state index < -0.39 is 33.9 Å². The molecule has 0 spiro atoms. The fraction of sp³-hybridized carbons (Fsp3) is 0.800. The van der Waals surface area contributed by atoms with Gasteiger partial charge in [-0.05, 0) is 25.2 Å². The molecule has 0 bridgehead atoms. The summed E-state index contributed by atoms with van der Waals surface area (Å²) < 4.78 is 27.6. The van der Waals surface area contributed by atoms with Crippen molar-refractivity contribution in [3.05, 3.63) is 0 Å². The lowest BCUT2D eigenvalue weighted by Crippen LogP contribution is -2.50. The Labute approximate surface area is 136 Å². The van der Waals surface area contributed by atoms with E-state index in [0.717, 1.165) is 19.3 Å². The van der Waals surface area contributed by atoms with Crippen molar-refractivity contribution in [1.82, 2.24) is 5.32 Å². The summed E-state index contributed by atoms with van der Waals surface area (Å²) in [6.45, 7) is -0.429. The Morgan fingerprint density at radius 2 is 1.96 bits per heavy atom. The van der Waals surface area contributed by atoms with Gasteiger partial charge in [-0.1, -0.05) is 19.3 Å². The number of esters is 1. The molecule has 1 saturated carbocycles. The summed E-state index contributed by atoms with van der Waals surface area (Å²) in [6, 6.07) is 2.16. The summed E-state index contributed by atoms with van der Waals surface area (Å²) in [5.41, 5.74) is -0.846. The second-order valence-corrected chi connectivity index (χ2v) is 8.67. The summed E-state index contributed by atoms with van der Waals surface area (Å²) in [5, 5.41) is 11.9. The first-order valence-electron chi connectivity index (χ1n) is 7.92. The lowest BCUT2D eigenvalue weighted by molar-refractivity contribution is -0.149. The number of nitrogens with zero attached hydrogens (tertiary/aromatic N) is 1. The topological polar surface area (TPSA) is 113 Å². The number of nitriles is 1. The maximum Gasteiger partial charge on any atom is 0.306 e. The average Bonchev–Trinajstić information content (AvgIpc) is 2.85. The number of amides is 1. The third-order valence-electron chi connectivity index (χ3n) is 4.45. The number of hydrogen-bond acceptors (Lipinski definition) is 6. The van der Waals surface area contributed by atoms with Gasteiger partial charge in [0.25, 0.3) is 5.91 Å². The van der Waals surface area contributed by atoms with Crippen molar-refractivity contribution < 1.29 is 22.7 Å². The van der Waals surface area contributed by atoms with Gasteiger partial charge in [-0.25, -0.2) is 8.42 Å². The molecule has 1 amide bonds. The second kappa shape index (κ2) is 7.30. The molecule has 1 aliphatic carbocycles. The van der Waals surface area contributed by atoms with Crippen LogP contribution in [0.1, 0.15) is 44.9 Å². The first kappa shape index (κ1) is 17.7. The van der Waals surface area contributed by atoms with Gasteiger partial charge in [-0.3, -0.25) is 9.59 Å². The normalized spacial score (nSPS) is 25.3. The van der Waals surface area contributed by atoms with Crippen molar-refractivity contribution in [2.45, 2.75) is 50.5 Å². The molecule has 7 nitrogen and oxygen atoms in total. The molecule has 0 aromatic rings. The van der Waals surface area contributed by atoms with E-state index in [1.54, 1.807) is 0 Å². The monoisotopic (exact) mass is 342 g/mol. The van der Waals surface area contributed by atoms with Gasteiger partial charge in [-0.2, -0.15) is 5.26 Å². The lowest BCUT2D eigenvalue weighted by atomic mass is 9.83. The molecule has 1 heterocycles. The Balaban J connectivity index is 1.73. The van der Waals surface area contributed by atoms with Crippen LogP contribution < -0.4 is 5.32 Å². The number of sulfone groups is 1. The minimum absolute atomic E-state index is 0.00579. The molecule has 1 atom stereocenters. The number of ether oxygens (including phenoxy) is 1. The number of hydrogen-bond donors (Lipinski definition) is 1. The molecule has 1 aliphatic heterocycles. The molecule has 2 rings (SSSR count). The third-order valence-corrected chi connectivity index (χ3v) is 6.28. The zero-order chi connectivity index (χ0) is 16.9. The number of rotatable bonds is 5. The highest BCUT2D eigenvalue weighted by Gasteiger charge is 2.34. The maximum absolute atomic E-state index is 11.9. The number of nitrogens with one attached hydrogen (secondary N) is 1. The van der Waals surface area contributed by atoms with E-state index in [9.17, 15) is 23.3 Å². The zero-order valence-corrected chi connectivity index (χ0v) is 13.9. The molecule has 8 heteroatoms. The fourth-order valence-corrected chi connectivity index (χ4v) is 5.06. The van der Waals surface area contributed by atoms with E-state index in [4.69, 9.17) is 4.74 Å². The quantitative estimate of drug-likeness (QED) is 0.736. The van der Waals surface area contributed by atoms with Crippen LogP contribution in [0.2, 0.25) is 0 Å². The first-order valence-corrected chi connectivity index (χ1v) is 9.75. The highest BCUT2D eigenvalue weighted by molar-refractivity contribution is 7.91. The standard InChI is InChI=1S/C15H22N2O5S/c16-11-15(5-2-1-3-6-15)17-13(18)9-22-14(19)8-12-4-7-23(20,21)10-12/h12H,1-10H2,(H,17,18)/t12-/m1/s1. The number of carbonyl (C=O) groups excluding carboxylic acids is 2. The smallest absolute Gasteiger partial charge is 0.306 e. The molecule has 2 aliphatic rings. The summed E-state index contributed by atoms with van der Waals surface area (Å²) in [6.07, 6.45) is 4.54. The average molecular weight is 342 g/mol. The van der Waals surface area contributed by atoms with Crippen LogP contribution in [-0.2, 0) is 24.2 Å². The molecule has 0 aromatic carbocycles. The highest BCUT2D eigenvalue weighted by Crippen LogP contribution is 2.27. The molecule has 1 N–H and O–H groups in total. The predicted molar refractivity (Wildman–Crippen MR) is 81.9 cm³/mol. The van der Waals surface area contributed by atoms with E-state index in [1.807, 2.05) is 0 Å². The van der Waals surface area contributed by atoms with Crippen molar-refractivity contribution >= 4 is 21.7 Å². The molecule has 0 radical (unpaired) electrons. The summed E-state index contributed by atoms with van der Waals surface area (Å²) in [5.74, 6) is -1.17. The Morgan fingerprint density at radius 3 is 2.52 bits per heavy atom. The first-order chi connectivity index (χ1) is 10.8. The van der Waals surface area contributed by atoms with Crippen LogP contribution >= 0.6 is 0 Å². The molecule has 0 unspecified atom stereocenters. The van der Waals surface area contributed by atoms with E-state index in [2.05, 4.69) is 11.4 Å². The molecular weight excluding hydrogens is 320 g/mol. The van der Waals surface area contributed by atoms with Crippen molar-refractivity contribution in [2.24, 2.45) is 5.92 Å². The molecule has 23 heavy (non-hydrogen) atoms. The van der Waals surface area contributed by atoms with Crippen molar-refractivity contribution in [3.8, 4) is 6.07 Å². The van der Waals surface area contributed by atoms with Crippen LogP contribution in [-0.4, -0.2) is 43.9 Å². The molecule has 1 saturated heterocycles. The van der Waals surface area contributed by atoms with Crippen LogP contribution in [0, 0.1) is 17.2 Å². The Hall–Kier alpha value is -1.62. The minimum atomic E-state index is -3.03. The van der Waals surface area contributed by atoms with Gasteiger partial charge in [0.05, 0.1) is 17.6 Å². The van der Waals surface area contributed by atoms with Crippen LogP contribution in [0.4, 0.5) is 0 Å². The SMILES string of the molecule is N#CC1(NC(=O)COC(=O)C[C@H]2CCS(=O)(=O)C2)CCCCC1. The van der Waals surface area contributed by atoms with Gasteiger partial charge in [0.2, 0.25) is 0 Å². The van der Waals surface area contributed by atoms with Gasteiger partial charge in [0, 0.05) is 6.42 Å². The van der Waals surface area contributed by atoms with Crippen molar-refractivity contribution in [2.75, 3.05) is 18.1 Å². The summed E-state index contributed by atoms with van der Waals surface area (Å²) >= 11 is 0. The minimum Gasteiger partial charge on any atom is -0.456 e.